The SMILES string of the molecule is Cc1ccc(NC(=O)C(=O)NCC2CCCCC2O)cc1F. The van der Waals surface area contributed by atoms with Crippen LogP contribution < -0.4 is 10.6 Å². The number of hydrogen-bond donors (Lipinski definition) is 3. The van der Waals surface area contributed by atoms with E-state index in [0.717, 1.165) is 25.7 Å². The van der Waals surface area contributed by atoms with Gasteiger partial charge in [-0.1, -0.05) is 18.9 Å². The number of halogens is 1. The minimum atomic E-state index is -0.839. The van der Waals surface area contributed by atoms with Crippen molar-refractivity contribution >= 4 is 17.5 Å². The van der Waals surface area contributed by atoms with Crippen molar-refractivity contribution in [2.24, 2.45) is 5.92 Å². The number of rotatable bonds is 3. The van der Waals surface area contributed by atoms with E-state index in [1.807, 2.05) is 0 Å². The monoisotopic (exact) mass is 308 g/mol. The quantitative estimate of drug-likeness (QED) is 0.744. The summed E-state index contributed by atoms with van der Waals surface area (Å²) in [5, 5.41) is 14.7. The number of nitrogens with one attached hydrogen (secondary N) is 2. The molecule has 0 spiro atoms. The zero-order chi connectivity index (χ0) is 16.1. The van der Waals surface area contributed by atoms with Gasteiger partial charge >= 0.3 is 11.8 Å². The van der Waals surface area contributed by atoms with Crippen molar-refractivity contribution in [2.45, 2.75) is 38.7 Å². The lowest BCUT2D eigenvalue weighted by atomic mass is 9.86. The van der Waals surface area contributed by atoms with Gasteiger partial charge in [0.25, 0.3) is 0 Å². The molecule has 1 saturated carbocycles. The van der Waals surface area contributed by atoms with Crippen LogP contribution in [-0.4, -0.2) is 29.6 Å². The Bertz CT molecular complexity index is 562. The van der Waals surface area contributed by atoms with Crippen LogP contribution in [0.4, 0.5) is 10.1 Å². The van der Waals surface area contributed by atoms with Crippen molar-refractivity contribution in [3.05, 3.63) is 29.6 Å². The first-order valence-electron chi connectivity index (χ1n) is 7.51. The Balaban J connectivity index is 1.84. The number of aryl methyl sites for hydroxylation is 1. The number of carbonyl (C=O) groups excluding carboxylic acids is 2. The maximum Gasteiger partial charge on any atom is 0.313 e. The van der Waals surface area contributed by atoms with E-state index in [-0.39, 0.29) is 18.2 Å². The van der Waals surface area contributed by atoms with Crippen LogP contribution in [0.15, 0.2) is 18.2 Å². The largest absolute Gasteiger partial charge is 0.393 e. The second-order valence-electron chi connectivity index (χ2n) is 5.74. The van der Waals surface area contributed by atoms with E-state index in [0.29, 0.717) is 5.56 Å². The second kappa shape index (κ2) is 7.35. The van der Waals surface area contributed by atoms with Gasteiger partial charge in [-0.2, -0.15) is 0 Å². The van der Waals surface area contributed by atoms with E-state index in [1.54, 1.807) is 6.92 Å². The van der Waals surface area contributed by atoms with Gasteiger partial charge in [-0.3, -0.25) is 9.59 Å². The van der Waals surface area contributed by atoms with Crippen molar-refractivity contribution in [2.75, 3.05) is 11.9 Å². The number of benzene rings is 1. The fourth-order valence-electron chi connectivity index (χ4n) is 2.59. The predicted octanol–water partition coefficient (Wildman–Crippen LogP) is 1.74. The summed E-state index contributed by atoms with van der Waals surface area (Å²) in [5.41, 5.74) is 0.703. The van der Waals surface area contributed by atoms with Crippen LogP contribution in [0.5, 0.6) is 0 Å². The number of aliphatic hydroxyl groups is 1. The Hall–Kier alpha value is -1.95. The average molecular weight is 308 g/mol. The number of amides is 2. The van der Waals surface area contributed by atoms with Gasteiger partial charge in [-0.25, -0.2) is 4.39 Å². The molecule has 3 N–H and O–H groups in total. The third-order valence-electron chi connectivity index (χ3n) is 4.03. The maximum atomic E-state index is 13.4. The molecule has 1 aliphatic carbocycles. The van der Waals surface area contributed by atoms with Gasteiger partial charge in [0.05, 0.1) is 6.10 Å². The highest BCUT2D eigenvalue weighted by Gasteiger charge is 2.24. The molecule has 1 aromatic rings. The first kappa shape index (κ1) is 16.4. The molecule has 22 heavy (non-hydrogen) atoms. The molecule has 0 aromatic heterocycles. The lowest BCUT2D eigenvalue weighted by molar-refractivity contribution is -0.136. The third-order valence-corrected chi connectivity index (χ3v) is 4.03. The van der Waals surface area contributed by atoms with Crippen molar-refractivity contribution < 1.29 is 19.1 Å². The van der Waals surface area contributed by atoms with E-state index in [9.17, 15) is 19.1 Å². The Kier molecular flexibility index (Phi) is 5.49. The van der Waals surface area contributed by atoms with Crippen LogP contribution >= 0.6 is 0 Å². The zero-order valence-corrected chi connectivity index (χ0v) is 12.6. The molecule has 120 valence electrons. The van der Waals surface area contributed by atoms with Crippen LogP contribution in [0.3, 0.4) is 0 Å². The molecule has 2 unspecified atom stereocenters. The van der Waals surface area contributed by atoms with Gasteiger partial charge in [-0.15, -0.1) is 0 Å². The smallest absolute Gasteiger partial charge is 0.313 e. The molecule has 6 heteroatoms. The summed E-state index contributed by atoms with van der Waals surface area (Å²) < 4.78 is 13.4. The molecule has 0 bridgehead atoms. The Labute approximate surface area is 128 Å². The van der Waals surface area contributed by atoms with Gasteiger partial charge in [-0.05, 0) is 37.5 Å². The standard InChI is InChI=1S/C16H21FN2O3/c1-10-6-7-12(8-13(10)17)19-16(22)15(21)18-9-11-4-2-3-5-14(11)20/h6-8,11,14,20H,2-5,9H2,1H3,(H,18,21)(H,19,22). The van der Waals surface area contributed by atoms with Crippen LogP contribution in [0.1, 0.15) is 31.2 Å². The fraction of sp³-hybridized carbons (Fsp3) is 0.500. The van der Waals surface area contributed by atoms with Crippen molar-refractivity contribution in [3.8, 4) is 0 Å². The first-order chi connectivity index (χ1) is 10.5. The second-order valence-corrected chi connectivity index (χ2v) is 5.74. The summed E-state index contributed by atoms with van der Waals surface area (Å²) in [4.78, 5) is 23.5. The molecule has 1 aromatic carbocycles. The topological polar surface area (TPSA) is 78.4 Å². The van der Waals surface area contributed by atoms with E-state index in [1.165, 1.54) is 18.2 Å². The molecule has 0 heterocycles. The maximum absolute atomic E-state index is 13.4. The normalized spacial score (nSPS) is 21.2. The van der Waals surface area contributed by atoms with Gasteiger partial charge in [0.1, 0.15) is 5.82 Å². The number of carbonyl (C=O) groups is 2. The van der Waals surface area contributed by atoms with Crippen LogP contribution in [-0.2, 0) is 9.59 Å². The van der Waals surface area contributed by atoms with Gasteiger partial charge in [0.2, 0.25) is 0 Å². The first-order valence-corrected chi connectivity index (χ1v) is 7.51. The summed E-state index contributed by atoms with van der Waals surface area (Å²) >= 11 is 0. The van der Waals surface area contributed by atoms with E-state index < -0.39 is 23.7 Å². The fourth-order valence-corrected chi connectivity index (χ4v) is 2.59. The van der Waals surface area contributed by atoms with Crippen LogP contribution in [0, 0.1) is 18.7 Å². The summed E-state index contributed by atoms with van der Waals surface area (Å²) in [7, 11) is 0. The molecule has 5 nitrogen and oxygen atoms in total. The number of aliphatic hydroxyl groups excluding tert-OH is 1. The minimum absolute atomic E-state index is 0.0117. The number of anilines is 1. The van der Waals surface area contributed by atoms with E-state index in [2.05, 4.69) is 10.6 Å². The Morgan fingerprint density at radius 3 is 2.68 bits per heavy atom. The summed E-state index contributed by atoms with van der Waals surface area (Å²) in [6.07, 6.45) is 3.15. The molecular weight excluding hydrogens is 287 g/mol. The summed E-state index contributed by atoms with van der Waals surface area (Å²) in [6.45, 7) is 1.89. The molecule has 0 radical (unpaired) electrons. The van der Waals surface area contributed by atoms with Crippen molar-refractivity contribution in [1.29, 1.82) is 0 Å². The number of hydrogen-bond acceptors (Lipinski definition) is 3. The molecular formula is C16H21FN2O3. The molecule has 2 rings (SSSR count). The predicted molar refractivity (Wildman–Crippen MR) is 80.7 cm³/mol. The van der Waals surface area contributed by atoms with Crippen molar-refractivity contribution in [1.82, 2.24) is 5.32 Å². The molecule has 1 fully saturated rings. The van der Waals surface area contributed by atoms with Crippen LogP contribution in [0.25, 0.3) is 0 Å². The summed E-state index contributed by atoms with van der Waals surface area (Å²) in [6, 6.07) is 4.24. The van der Waals surface area contributed by atoms with E-state index >= 15 is 0 Å². The lowest BCUT2D eigenvalue weighted by Gasteiger charge is -2.27. The van der Waals surface area contributed by atoms with Gasteiger partial charge in [0.15, 0.2) is 0 Å². The van der Waals surface area contributed by atoms with Crippen molar-refractivity contribution in [3.63, 3.8) is 0 Å². The van der Waals surface area contributed by atoms with Gasteiger partial charge in [0, 0.05) is 18.2 Å². The zero-order valence-electron chi connectivity index (χ0n) is 12.6. The lowest BCUT2D eigenvalue weighted by Crippen LogP contribution is -2.41. The summed E-state index contributed by atoms with van der Waals surface area (Å²) in [5.74, 6) is -2.07. The highest BCUT2D eigenvalue weighted by atomic mass is 19.1. The average Bonchev–Trinajstić information content (AvgIpc) is 2.50. The van der Waals surface area contributed by atoms with E-state index in [4.69, 9.17) is 0 Å². The molecule has 0 aliphatic heterocycles. The van der Waals surface area contributed by atoms with Gasteiger partial charge < -0.3 is 15.7 Å². The molecule has 1 aliphatic rings. The highest BCUT2D eigenvalue weighted by Crippen LogP contribution is 2.23. The Morgan fingerprint density at radius 1 is 1.27 bits per heavy atom. The van der Waals surface area contributed by atoms with Crippen LogP contribution in [0.2, 0.25) is 0 Å². The minimum Gasteiger partial charge on any atom is -0.393 e. The third kappa shape index (κ3) is 4.27. The Morgan fingerprint density at radius 2 is 2.00 bits per heavy atom. The molecule has 0 saturated heterocycles. The highest BCUT2D eigenvalue weighted by molar-refractivity contribution is 6.39. The molecule has 2 atom stereocenters. The molecule has 2 amide bonds.